The number of carbonyl (C=O) groups is 1. The van der Waals surface area contributed by atoms with Crippen molar-refractivity contribution in [2.45, 2.75) is 38.7 Å². The van der Waals surface area contributed by atoms with E-state index >= 15 is 0 Å². The quantitative estimate of drug-likeness (QED) is 0.788. The lowest BCUT2D eigenvalue weighted by Crippen LogP contribution is -2.30. The molecule has 0 saturated carbocycles. The van der Waals surface area contributed by atoms with Gasteiger partial charge < -0.3 is 10.1 Å². The molecule has 3 nitrogen and oxygen atoms in total. The van der Waals surface area contributed by atoms with Gasteiger partial charge in [-0.1, -0.05) is 61.5 Å². The van der Waals surface area contributed by atoms with Gasteiger partial charge in [-0.15, -0.1) is 0 Å². The van der Waals surface area contributed by atoms with Crippen LogP contribution in [0, 0.1) is 5.92 Å². The van der Waals surface area contributed by atoms with Gasteiger partial charge in [0.25, 0.3) is 0 Å². The number of hydrogen-bond acceptors (Lipinski definition) is 2. The first-order valence-corrected chi connectivity index (χ1v) is 9.18. The highest BCUT2D eigenvalue weighted by molar-refractivity contribution is 5.77. The molecule has 0 fully saturated rings. The molecule has 0 radical (unpaired) electrons. The summed E-state index contributed by atoms with van der Waals surface area (Å²) in [6.07, 6.45) is 2.77. The number of hydrogen-bond donors (Lipinski definition) is 1. The largest absolute Gasteiger partial charge is 0.376 e. The SMILES string of the molecule is CC(CNC(=O)CC1CCc2ccccc21)COCc1ccccc1. The summed E-state index contributed by atoms with van der Waals surface area (Å²) < 4.78 is 5.74. The summed E-state index contributed by atoms with van der Waals surface area (Å²) in [5, 5.41) is 3.07. The molecule has 25 heavy (non-hydrogen) atoms. The Kier molecular flexibility index (Phi) is 6.24. The second-order valence-electron chi connectivity index (χ2n) is 7.05. The van der Waals surface area contributed by atoms with Gasteiger partial charge >= 0.3 is 0 Å². The molecular formula is C22H27NO2. The summed E-state index contributed by atoms with van der Waals surface area (Å²) in [6, 6.07) is 18.7. The Morgan fingerprint density at radius 3 is 2.76 bits per heavy atom. The zero-order valence-electron chi connectivity index (χ0n) is 14.9. The molecule has 0 saturated heterocycles. The Morgan fingerprint density at radius 1 is 1.16 bits per heavy atom. The van der Waals surface area contributed by atoms with E-state index in [2.05, 4.69) is 48.6 Å². The van der Waals surface area contributed by atoms with Crippen LogP contribution >= 0.6 is 0 Å². The van der Waals surface area contributed by atoms with Crippen LogP contribution in [-0.4, -0.2) is 19.1 Å². The van der Waals surface area contributed by atoms with E-state index in [0.717, 1.165) is 12.8 Å². The van der Waals surface area contributed by atoms with Crippen LogP contribution in [0.2, 0.25) is 0 Å². The fourth-order valence-corrected chi connectivity index (χ4v) is 3.45. The zero-order chi connectivity index (χ0) is 17.5. The second-order valence-corrected chi connectivity index (χ2v) is 7.05. The Bertz CT molecular complexity index is 683. The number of amides is 1. The van der Waals surface area contributed by atoms with Crippen molar-refractivity contribution in [1.82, 2.24) is 5.32 Å². The van der Waals surface area contributed by atoms with E-state index in [1.807, 2.05) is 18.2 Å². The summed E-state index contributed by atoms with van der Waals surface area (Å²) in [4.78, 5) is 12.3. The molecule has 1 aliphatic rings. The molecule has 2 atom stereocenters. The summed E-state index contributed by atoms with van der Waals surface area (Å²) in [5.74, 6) is 0.834. The van der Waals surface area contributed by atoms with Gasteiger partial charge in [0.15, 0.2) is 0 Å². The molecule has 1 N–H and O–H groups in total. The lowest BCUT2D eigenvalue weighted by molar-refractivity contribution is -0.121. The summed E-state index contributed by atoms with van der Waals surface area (Å²) >= 11 is 0. The third-order valence-corrected chi connectivity index (χ3v) is 4.85. The minimum atomic E-state index is 0.150. The van der Waals surface area contributed by atoms with Crippen LogP contribution in [-0.2, 0) is 22.6 Å². The maximum Gasteiger partial charge on any atom is 0.220 e. The van der Waals surface area contributed by atoms with Crippen LogP contribution in [0.3, 0.4) is 0 Å². The molecule has 0 aromatic heterocycles. The van der Waals surface area contributed by atoms with E-state index in [-0.39, 0.29) is 5.91 Å². The lowest BCUT2D eigenvalue weighted by Gasteiger charge is -2.15. The first-order valence-electron chi connectivity index (χ1n) is 9.18. The van der Waals surface area contributed by atoms with E-state index in [0.29, 0.717) is 38.0 Å². The van der Waals surface area contributed by atoms with E-state index in [1.54, 1.807) is 0 Å². The summed E-state index contributed by atoms with van der Waals surface area (Å²) in [6.45, 7) is 4.05. The maximum absolute atomic E-state index is 12.3. The third kappa shape index (κ3) is 5.17. The monoisotopic (exact) mass is 337 g/mol. The van der Waals surface area contributed by atoms with Crippen LogP contribution < -0.4 is 5.32 Å². The van der Waals surface area contributed by atoms with Crippen LogP contribution in [0.15, 0.2) is 54.6 Å². The molecule has 3 rings (SSSR count). The van der Waals surface area contributed by atoms with Gasteiger partial charge in [0.05, 0.1) is 13.2 Å². The van der Waals surface area contributed by atoms with Crippen LogP contribution in [0.5, 0.6) is 0 Å². The topological polar surface area (TPSA) is 38.3 Å². The molecule has 1 amide bonds. The highest BCUT2D eigenvalue weighted by atomic mass is 16.5. The van der Waals surface area contributed by atoms with Crippen LogP contribution in [0.25, 0.3) is 0 Å². The number of fused-ring (bicyclic) bond motifs is 1. The van der Waals surface area contributed by atoms with Crippen LogP contribution in [0.1, 0.15) is 42.4 Å². The van der Waals surface area contributed by atoms with Crippen molar-refractivity contribution in [2.24, 2.45) is 5.92 Å². The van der Waals surface area contributed by atoms with Crippen molar-refractivity contribution >= 4 is 5.91 Å². The van der Waals surface area contributed by atoms with Crippen molar-refractivity contribution in [3.05, 3.63) is 71.3 Å². The second kappa shape index (κ2) is 8.82. The molecule has 2 aromatic rings. The minimum absolute atomic E-state index is 0.150. The number of benzene rings is 2. The molecule has 0 spiro atoms. The highest BCUT2D eigenvalue weighted by Gasteiger charge is 2.24. The average molecular weight is 337 g/mol. The first kappa shape index (κ1) is 17.7. The predicted molar refractivity (Wildman–Crippen MR) is 100 cm³/mol. The zero-order valence-corrected chi connectivity index (χ0v) is 14.9. The molecule has 2 unspecified atom stereocenters. The van der Waals surface area contributed by atoms with E-state index in [9.17, 15) is 4.79 Å². The number of carbonyl (C=O) groups excluding carboxylic acids is 1. The summed E-state index contributed by atoms with van der Waals surface area (Å²) in [7, 11) is 0. The Morgan fingerprint density at radius 2 is 1.92 bits per heavy atom. The van der Waals surface area contributed by atoms with Crippen molar-refractivity contribution in [1.29, 1.82) is 0 Å². The molecule has 3 heteroatoms. The van der Waals surface area contributed by atoms with Crippen molar-refractivity contribution in [2.75, 3.05) is 13.2 Å². The predicted octanol–water partition coefficient (Wildman–Crippen LogP) is 4.08. The molecular weight excluding hydrogens is 310 g/mol. The van der Waals surface area contributed by atoms with Gasteiger partial charge in [-0.25, -0.2) is 0 Å². The average Bonchev–Trinajstić information content (AvgIpc) is 3.04. The van der Waals surface area contributed by atoms with E-state index < -0.39 is 0 Å². The first-order chi connectivity index (χ1) is 12.2. The van der Waals surface area contributed by atoms with Gasteiger partial charge in [-0.3, -0.25) is 4.79 Å². The van der Waals surface area contributed by atoms with Crippen molar-refractivity contribution in [3.8, 4) is 0 Å². The molecule has 1 aliphatic carbocycles. The van der Waals surface area contributed by atoms with Gasteiger partial charge in [0.2, 0.25) is 5.91 Å². The number of ether oxygens (including phenoxy) is 1. The Labute approximate surface area is 150 Å². The molecule has 0 bridgehead atoms. The molecule has 0 heterocycles. The number of aryl methyl sites for hydroxylation is 1. The number of rotatable bonds is 8. The highest BCUT2D eigenvalue weighted by Crippen LogP contribution is 2.34. The maximum atomic E-state index is 12.3. The standard InChI is InChI=1S/C22H27NO2/c1-17(15-25-16-18-7-3-2-4-8-18)14-23-22(24)13-20-12-11-19-9-5-6-10-21(19)20/h2-10,17,20H,11-16H2,1H3,(H,23,24). The minimum Gasteiger partial charge on any atom is -0.376 e. The van der Waals surface area contributed by atoms with Gasteiger partial charge in [0.1, 0.15) is 0 Å². The lowest BCUT2D eigenvalue weighted by atomic mass is 9.97. The van der Waals surface area contributed by atoms with Gasteiger partial charge in [0, 0.05) is 13.0 Å². The normalized spacial score (nSPS) is 17.1. The molecule has 0 aliphatic heterocycles. The van der Waals surface area contributed by atoms with Gasteiger partial charge in [-0.05, 0) is 41.4 Å². The third-order valence-electron chi connectivity index (χ3n) is 4.85. The fourth-order valence-electron chi connectivity index (χ4n) is 3.45. The van der Waals surface area contributed by atoms with Gasteiger partial charge in [-0.2, -0.15) is 0 Å². The fraction of sp³-hybridized carbons (Fsp3) is 0.409. The smallest absolute Gasteiger partial charge is 0.220 e. The van der Waals surface area contributed by atoms with Crippen LogP contribution in [0.4, 0.5) is 0 Å². The molecule has 2 aromatic carbocycles. The van der Waals surface area contributed by atoms with Crippen molar-refractivity contribution in [3.63, 3.8) is 0 Å². The van der Waals surface area contributed by atoms with Crippen molar-refractivity contribution < 1.29 is 9.53 Å². The van der Waals surface area contributed by atoms with E-state index in [1.165, 1.54) is 16.7 Å². The Hall–Kier alpha value is -2.13. The number of nitrogens with one attached hydrogen (secondary N) is 1. The Balaban J connectivity index is 1.35. The molecule has 132 valence electrons. The van der Waals surface area contributed by atoms with E-state index in [4.69, 9.17) is 4.74 Å². The summed E-state index contributed by atoms with van der Waals surface area (Å²) in [5.41, 5.74) is 3.94.